The van der Waals surface area contributed by atoms with Crippen molar-refractivity contribution in [3.8, 4) is 5.75 Å². The SMILES string of the molecule is O=C(COc1ccccc1/C=C1\SC(=S)N(c2ccccc2F)C1=O)Nc1ccccc1. The molecule has 3 aromatic carbocycles. The molecule has 8 heteroatoms. The first-order chi connectivity index (χ1) is 15.5. The summed E-state index contributed by atoms with van der Waals surface area (Å²) in [6, 6.07) is 22.1. The number of hydrogen-bond acceptors (Lipinski definition) is 5. The third-order valence-corrected chi connectivity index (χ3v) is 5.81. The lowest BCUT2D eigenvalue weighted by molar-refractivity contribution is -0.118. The molecule has 0 aromatic heterocycles. The number of rotatable bonds is 6. The predicted octanol–water partition coefficient (Wildman–Crippen LogP) is 5.25. The second kappa shape index (κ2) is 9.76. The summed E-state index contributed by atoms with van der Waals surface area (Å²) >= 11 is 6.39. The van der Waals surface area contributed by atoms with Crippen molar-refractivity contribution in [3.63, 3.8) is 0 Å². The van der Waals surface area contributed by atoms with Crippen LogP contribution < -0.4 is 15.0 Å². The van der Waals surface area contributed by atoms with E-state index in [1.807, 2.05) is 18.2 Å². The van der Waals surface area contributed by atoms with Crippen LogP contribution in [0.25, 0.3) is 6.08 Å². The normalized spacial score (nSPS) is 14.7. The fraction of sp³-hybridized carbons (Fsp3) is 0.0417. The Balaban J connectivity index is 1.50. The summed E-state index contributed by atoms with van der Waals surface area (Å²) < 4.78 is 20.1. The summed E-state index contributed by atoms with van der Waals surface area (Å²) in [6.45, 7) is -0.198. The molecule has 1 heterocycles. The van der Waals surface area contributed by atoms with Crippen molar-refractivity contribution in [3.05, 3.63) is 95.1 Å². The number of benzene rings is 3. The molecule has 0 atom stereocenters. The number of anilines is 2. The molecule has 0 saturated carbocycles. The first kappa shape index (κ1) is 21.7. The summed E-state index contributed by atoms with van der Waals surface area (Å²) in [5, 5.41) is 2.75. The Morgan fingerprint density at radius 1 is 1.03 bits per heavy atom. The largest absolute Gasteiger partial charge is 0.483 e. The monoisotopic (exact) mass is 464 g/mol. The molecule has 0 bridgehead atoms. The number of hydrogen-bond donors (Lipinski definition) is 1. The molecule has 0 unspecified atom stereocenters. The van der Waals surface area contributed by atoms with Crippen molar-refractivity contribution < 1.29 is 18.7 Å². The van der Waals surface area contributed by atoms with Gasteiger partial charge in [0.2, 0.25) is 0 Å². The Labute approximate surface area is 193 Å². The molecule has 1 aliphatic rings. The maximum Gasteiger partial charge on any atom is 0.270 e. The summed E-state index contributed by atoms with van der Waals surface area (Å²) in [6.07, 6.45) is 1.63. The molecule has 1 N–H and O–H groups in total. The maximum atomic E-state index is 14.2. The number of halogens is 1. The number of amides is 2. The van der Waals surface area contributed by atoms with Crippen LogP contribution in [0.5, 0.6) is 5.75 Å². The van der Waals surface area contributed by atoms with Gasteiger partial charge in [0.05, 0.1) is 10.6 Å². The quantitative estimate of drug-likeness (QED) is 0.399. The van der Waals surface area contributed by atoms with Crippen LogP contribution in [0.2, 0.25) is 0 Å². The highest BCUT2D eigenvalue weighted by atomic mass is 32.2. The molecule has 0 aliphatic carbocycles. The van der Waals surface area contributed by atoms with E-state index in [4.69, 9.17) is 17.0 Å². The molecular weight excluding hydrogens is 447 g/mol. The molecule has 1 aliphatic heterocycles. The van der Waals surface area contributed by atoms with Crippen molar-refractivity contribution in [2.24, 2.45) is 0 Å². The highest BCUT2D eigenvalue weighted by Crippen LogP contribution is 2.37. The minimum absolute atomic E-state index is 0.112. The number of carbonyl (C=O) groups is 2. The number of thioether (sulfide) groups is 1. The zero-order valence-electron chi connectivity index (χ0n) is 16.7. The Morgan fingerprint density at radius 2 is 1.72 bits per heavy atom. The maximum absolute atomic E-state index is 14.2. The molecule has 2 amide bonds. The van der Waals surface area contributed by atoms with Gasteiger partial charge in [-0.05, 0) is 36.4 Å². The lowest BCUT2D eigenvalue weighted by Gasteiger charge is -2.15. The zero-order valence-corrected chi connectivity index (χ0v) is 18.3. The molecular formula is C24H17FN2O3S2. The number of ether oxygens (including phenoxy) is 1. The van der Waals surface area contributed by atoms with E-state index in [1.165, 1.54) is 17.0 Å². The average molecular weight is 465 g/mol. The van der Waals surface area contributed by atoms with Crippen LogP contribution in [-0.2, 0) is 9.59 Å². The van der Waals surface area contributed by atoms with Crippen molar-refractivity contribution in [2.45, 2.75) is 0 Å². The third-order valence-electron chi connectivity index (χ3n) is 4.51. The van der Waals surface area contributed by atoms with E-state index in [0.29, 0.717) is 21.9 Å². The first-order valence-corrected chi connectivity index (χ1v) is 10.8. The minimum Gasteiger partial charge on any atom is -0.483 e. The molecule has 5 nitrogen and oxygen atoms in total. The van der Waals surface area contributed by atoms with Gasteiger partial charge < -0.3 is 10.1 Å². The van der Waals surface area contributed by atoms with Crippen molar-refractivity contribution in [1.29, 1.82) is 0 Å². The number of carbonyl (C=O) groups excluding carboxylic acids is 2. The molecule has 0 radical (unpaired) electrons. The summed E-state index contributed by atoms with van der Waals surface area (Å²) in [5.41, 5.74) is 1.39. The highest BCUT2D eigenvalue weighted by molar-refractivity contribution is 8.27. The molecule has 3 aromatic rings. The second-order valence-corrected chi connectivity index (χ2v) is 8.39. The molecule has 0 spiro atoms. The fourth-order valence-corrected chi connectivity index (χ4v) is 4.32. The van der Waals surface area contributed by atoms with E-state index in [0.717, 1.165) is 11.8 Å². The summed E-state index contributed by atoms with van der Waals surface area (Å²) in [7, 11) is 0. The van der Waals surface area contributed by atoms with E-state index in [9.17, 15) is 14.0 Å². The van der Waals surface area contributed by atoms with Crippen LogP contribution in [0.3, 0.4) is 0 Å². The molecule has 32 heavy (non-hydrogen) atoms. The van der Waals surface area contributed by atoms with Crippen LogP contribution in [0.4, 0.5) is 15.8 Å². The topological polar surface area (TPSA) is 58.6 Å². The summed E-state index contributed by atoms with van der Waals surface area (Å²) in [4.78, 5) is 26.6. The standard InChI is InChI=1S/C24H17FN2O3S2/c25-18-11-5-6-12-19(18)27-23(29)21(32-24(27)31)14-16-8-4-7-13-20(16)30-15-22(28)26-17-9-2-1-3-10-17/h1-14H,15H2,(H,26,28)/b21-14-. The molecule has 160 valence electrons. The second-order valence-electron chi connectivity index (χ2n) is 6.71. The molecule has 1 saturated heterocycles. The third kappa shape index (κ3) is 4.87. The number of nitrogens with one attached hydrogen (secondary N) is 1. The number of para-hydroxylation sites is 3. The van der Waals surface area contributed by atoms with Crippen molar-refractivity contribution in [2.75, 3.05) is 16.8 Å². The lowest BCUT2D eigenvalue weighted by atomic mass is 10.2. The number of nitrogens with zero attached hydrogens (tertiary/aromatic N) is 1. The molecule has 4 rings (SSSR count). The van der Waals surface area contributed by atoms with Gasteiger partial charge in [0.25, 0.3) is 11.8 Å². The van der Waals surface area contributed by atoms with Crippen molar-refractivity contribution >= 4 is 57.6 Å². The predicted molar refractivity (Wildman–Crippen MR) is 129 cm³/mol. The zero-order chi connectivity index (χ0) is 22.5. The summed E-state index contributed by atoms with van der Waals surface area (Å²) in [5.74, 6) is -0.816. The van der Waals surface area contributed by atoms with E-state index in [2.05, 4.69) is 5.32 Å². The van der Waals surface area contributed by atoms with Gasteiger partial charge in [0.1, 0.15) is 11.6 Å². The Hall–Kier alpha value is -3.49. The Bertz CT molecular complexity index is 1210. The van der Waals surface area contributed by atoms with Crippen LogP contribution >= 0.6 is 24.0 Å². The van der Waals surface area contributed by atoms with Crippen LogP contribution in [-0.4, -0.2) is 22.7 Å². The van der Waals surface area contributed by atoms with Gasteiger partial charge >= 0.3 is 0 Å². The minimum atomic E-state index is -0.529. The Morgan fingerprint density at radius 3 is 2.50 bits per heavy atom. The van der Waals surface area contributed by atoms with Crippen LogP contribution in [0.15, 0.2) is 83.8 Å². The van der Waals surface area contributed by atoms with Crippen LogP contribution in [0, 0.1) is 5.82 Å². The number of thiocarbonyl (C=S) groups is 1. The average Bonchev–Trinajstić information content (AvgIpc) is 3.07. The van der Waals surface area contributed by atoms with Crippen LogP contribution in [0.1, 0.15) is 5.56 Å². The van der Waals surface area contributed by atoms with Gasteiger partial charge in [0, 0.05) is 11.3 Å². The van der Waals surface area contributed by atoms with E-state index < -0.39 is 11.7 Å². The van der Waals surface area contributed by atoms with Crippen molar-refractivity contribution in [1.82, 2.24) is 0 Å². The first-order valence-electron chi connectivity index (χ1n) is 9.62. The highest BCUT2D eigenvalue weighted by Gasteiger charge is 2.34. The fourth-order valence-electron chi connectivity index (χ4n) is 3.04. The van der Waals surface area contributed by atoms with E-state index in [1.54, 1.807) is 54.6 Å². The Kier molecular flexibility index (Phi) is 6.63. The van der Waals surface area contributed by atoms with E-state index >= 15 is 0 Å². The van der Waals surface area contributed by atoms with Gasteiger partial charge in [-0.3, -0.25) is 14.5 Å². The van der Waals surface area contributed by atoms with Gasteiger partial charge in [-0.15, -0.1) is 0 Å². The van der Waals surface area contributed by atoms with Gasteiger partial charge in [0.15, 0.2) is 10.9 Å². The van der Waals surface area contributed by atoms with Gasteiger partial charge in [-0.1, -0.05) is 72.5 Å². The smallest absolute Gasteiger partial charge is 0.270 e. The van der Waals surface area contributed by atoms with Gasteiger partial charge in [-0.25, -0.2) is 4.39 Å². The lowest BCUT2D eigenvalue weighted by Crippen LogP contribution is -2.28. The molecule has 1 fully saturated rings. The van der Waals surface area contributed by atoms with Gasteiger partial charge in [-0.2, -0.15) is 0 Å². The van der Waals surface area contributed by atoms with E-state index in [-0.39, 0.29) is 22.5 Å².